The Kier molecular flexibility index (Phi) is 7.61. The van der Waals surface area contributed by atoms with Crippen LogP contribution in [-0.4, -0.2) is 50.6 Å². The minimum atomic E-state index is -4.57. The molecule has 1 aromatic heterocycles. The summed E-state index contributed by atoms with van der Waals surface area (Å²) in [5.41, 5.74) is 2.44. The zero-order valence-electron chi connectivity index (χ0n) is 21.0. The van der Waals surface area contributed by atoms with Crippen molar-refractivity contribution in [2.45, 2.75) is 31.4 Å². The largest absolute Gasteiger partial charge is 0.416 e. The molecular weight excluding hydrogens is 522 g/mol. The molecule has 1 atom stereocenters. The minimum absolute atomic E-state index is 0.190. The molecule has 2 aromatic carbocycles. The van der Waals surface area contributed by atoms with E-state index in [1.54, 1.807) is 35.4 Å². The van der Waals surface area contributed by atoms with E-state index in [0.29, 0.717) is 49.8 Å². The van der Waals surface area contributed by atoms with Crippen LogP contribution in [-0.2, 0) is 17.5 Å². The average Bonchev–Trinajstić information content (AvgIpc) is 2.92. The van der Waals surface area contributed by atoms with Crippen LogP contribution in [0.25, 0.3) is 0 Å². The van der Waals surface area contributed by atoms with E-state index in [-0.39, 0.29) is 13.1 Å². The van der Waals surface area contributed by atoms with E-state index >= 15 is 0 Å². The van der Waals surface area contributed by atoms with Gasteiger partial charge in [-0.2, -0.15) is 26.3 Å². The van der Waals surface area contributed by atoms with Crippen LogP contribution in [0.4, 0.5) is 43.4 Å². The number of fused-ring (bicyclic) bond motifs is 1. The Morgan fingerprint density at radius 2 is 1.56 bits per heavy atom. The highest BCUT2D eigenvalue weighted by Crippen LogP contribution is 2.43. The molecule has 1 fully saturated rings. The second-order valence-electron chi connectivity index (χ2n) is 9.64. The molecule has 5 rings (SSSR count). The lowest BCUT2D eigenvalue weighted by Gasteiger charge is -2.45. The topological polar surface area (TPSA) is 31.8 Å². The highest BCUT2D eigenvalue weighted by Gasteiger charge is 2.37. The fraction of sp³-hybridized carbons (Fsp3) is 0.393. The quantitative estimate of drug-likeness (QED) is 0.329. The fourth-order valence-corrected chi connectivity index (χ4v) is 5.25. The number of hydrogen-bond acceptors (Lipinski definition) is 5. The molecule has 2 aliphatic rings. The van der Waals surface area contributed by atoms with Gasteiger partial charge in [0.2, 0.25) is 0 Å². The van der Waals surface area contributed by atoms with E-state index in [9.17, 15) is 26.3 Å². The Labute approximate surface area is 222 Å². The van der Waals surface area contributed by atoms with Crippen LogP contribution in [0.1, 0.15) is 29.3 Å². The van der Waals surface area contributed by atoms with Gasteiger partial charge in [0.25, 0.3) is 0 Å². The normalized spacial score (nSPS) is 18.3. The third kappa shape index (κ3) is 6.24. The third-order valence-electron chi connectivity index (χ3n) is 7.09. The maximum Gasteiger partial charge on any atom is 0.416 e. The molecule has 3 heterocycles. The lowest BCUT2D eigenvalue weighted by molar-refractivity contribution is -0.137. The van der Waals surface area contributed by atoms with Gasteiger partial charge in [0.15, 0.2) is 0 Å². The van der Waals surface area contributed by atoms with Gasteiger partial charge in [-0.05, 0) is 42.0 Å². The molecule has 2 aliphatic heterocycles. The summed E-state index contributed by atoms with van der Waals surface area (Å²) in [4.78, 5) is 10.4. The fourth-order valence-electron chi connectivity index (χ4n) is 5.25. The molecule has 0 bridgehead atoms. The van der Waals surface area contributed by atoms with Crippen molar-refractivity contribution in [3.8, 4) is 0 Å². The number of aromatic nitrogens is 1. The van der Waals surface area contributed by atoms with Gasteiger partial charge in [-0.15, -0.1) is 0 Å². The summed E-state index contributed by atoms with van der Waals surface area (Å²) in [6, 6.07) is 15.0. The summed E-state index contributed by atoms with van der Waals surface area (Å²) in [7, 11) is 0. The van der Waals surface area contributed by atoms with Crippen LogP contribution in [0.3, 0.4) is 0 Å². The lowest BCUT2D eigenvalue weighted by Crippen LogP contribution is -2.45. The molecule has 0 saturated carbocycles. The van der Waals surface area contributed by atoms with Crippen molar-refractivity contribution in [1.29, 1.82) is 0 Å². The molecule has 208 valence electrons. The standard InChI is InChI=1S/C28H28F6N4O/c29-27(30,31)10-12-38-25-8-2-1-7-24(25)37(19-26(38)20-5-3-6-21(17-20)28(32,33)34)18-22-23(9-4-11-35-22)36-13-15-39-16-14-36/h1-9,11,17,26H,10,12-16,18-19H2. The minimum Gasteiger partial charge on any atom is -0.378 e. The molecule has 0 aliphatic carbocycles. The number of para-hydroxylation sites is 2. The molecule has 0 N–H and O–H groups in total. The van der Waals surface area contributed by atoms with Crippen LogP contribution >= 0.6 is 0 Å². The second-order valence-corrected chi connectivity index (χ2v) is 9.64. The molecule has 1 saturated heterocycles. The SMILES string of the molecule is FC(F)(F)CCN1c2ccccc2N(Cc2ncccc2N2CCOCC2)CC1c1cccc(C(F)(F)F)c1. The van der Waals surface area contributed by atoms with Crippen LogP contribution in [0, 0.1) is 0 Å². The monoisotopic (exact) mass is 550 g/mol. The van der Waals surface area contributed by atoms with Crippen molar-refractivity contribution in [1.82, 2.24) is 4.98 Å². The van der Waals surface area contributed by atoms with Gasteiger partial charge in [0.1, 0.15) is 0 Å². The number of morpholine rings is 1. The highest BCUT2D eigenvalue weighted by atomic mass is 19.4. The van der Waals surface area contributed by atoms with E-state index in [0.717, 1.165) is 23.5 Å². The summed E-state index contributed by atoms with van der Waals surface area (Å²) in [5, 5.41) is 0. The van der Waals surface area contributed by atoms with Gasteiger partial charge in [-0.1, -0.05) is 24.3 Å². The molecule has 0 radical (unpaired) electrons. The molecule has 3 aromatic rings. The van der Waals surface area contributed by atoms with Crippen LogP contribution in [0.2, 0.25) is 0 Å². The van der Waals surface area contributed by atoms with E-state index in [1.807, 2.05) is 23.1 Å². The number of alkyl halides is 6. The van der Waals surface area contributed by atoms with Crippen molar-refractivity contribution < 1.29 is 31.1 Å². The Morgan fingerprint density at radius 1 is 0.846 bits per heavy atom. The van der Waals surface area contributed by atoms with Crippen LogP contribution in [0.5, 0.6) is 0 Å². The average molecular weight is 551 g/mol. The van der Waals surface area contributed by atoms with E-state index in [4.69, 9.17) is 4.74 Å². The predicted octanol–water partition coefficient (Wildman–Crippen LogP) is 6.46. The lowest BCUT2D eigenvalue weighted by atomic mass is 9.97. The van der Waals surface area contributed by atoms with Crippen molar-refractivity contribution in [2.75, 3.05) is 54.1 Å². The van der Waals surface area contributed by atoms with E-state index in [2.05, 4.69) is 9.88 Å². The van der Waals surface area contributed by atoms with Gasteiger partial charge in [-0.3, -0.25) is 4.98 Å². The first-order valence-corrected chi connectivity index (χ1v) is 12.7. The Hall–Kier alpha value is -3.47. The van der Waals surface area contributed by atoms with Gasteiger partial charge in [-0.25, -0.2) is 0 Å². The second kappa shape index (κ2) is 11.0. The van der Waals surface area contributed by atoms with Crippen molar-refractivity contribution in [3.63, 3.8) is 0 Å². The first-order valence-electron chi connectivity index (χ1n) is 12.7. The summed E-state index contributed by atoms with van der Waals surface area (Å²) in [5.74, 6) is 0. The number of hydrogen-bond donors (Lipinski definition) is 0. The number of halogens is 6. The smallest absolute Gasteiger partial charge is 0.378 e. The molecular formula is C28H28F6N4O. The van der Waals surface area contributed by atoms with E-state index in [1.165, 1.54) is 6.07 Å². The number of benzene rings is 2. The van der Waals surface area contributed by atoms with Crippen molar-refractivity contribution in [3.05, 3.63) is 83.7 Å². The maximum absolute atomic E-state index is 13.6. The van der Waals surface area contributed by atoms with Crippen molar-refractivity contribution in [2.24, 2.45) is 0 Å². The summed E-state index contributed by atoms with van der Waals surface area (Å²) in [6.07, 6.45) is -8.38. The third-order valence-corrected chi connectivity index (χ3v) is 7.09. The van der Waals surface area contributed by atoms with E-state index < -0.39 is 30.4 Å². The van der Waals surface area contributed by atoms with Gasteiger partial charge in [0, 0.05) is 32.4 Å². The van der Waals surface area contributed by atoms with Crippen LogP contribution < -0.4 is 14.7 Å². The summed E-state index contributed by atoms with van der Waals surface area (Å²) in [6.45, 7) is 2.74. The highest BCUT2D eigenvalue weighted by molar-refractivity contribution is 5.75. The molecule has 39 heavy (non-hydrogen) atoms. The first-order chi connectivity index (χ1) is 18.6. The first kappa shape index (κ1) is 27.1. The maximum atomic E-state index is 13.6. The molecule has 1 unspecified atom stereocenters. The summed E-state index contributed by atoms with van der Waals surface area (Å²) < 4.78 is 86.1. The van der Waals surface area contributed by atoms with Gasteiger partial charge >= 0.3 is 12.4 Å². The predicted molar refractivity (Wildman–Crippen MR) is 137 cm³/mol. The van der Waals surface area contributed by atoms with Crippen molar-refractivity contribution >= 4 is 17.1 Å². The van der Waals surface area contributed by atoms with Crippen LogP contribution in [0.15, 0.2) is 66.9 Å². The number of nitrogens with zero attached hydrogens (tertiary/aromatic N) is 4. The Morgan fingerprint density at radius 3 is 2.28 bits per heavy atom. The zero-order valence-corrected chi connectivity index (χ0v) is 21.0. The van der Waals surface area contributed by atoms with Gasteiger partial charge < -0.3 is 19.4 Å². The zero-order chi connectivity index (χ0) is 27.6. The van der Waals surface area contributed by atoms with Gasteiger partial charge in [0.05, 0.1) is 60.5 Å². The molecule has 5 nitrogen and oxygen atoms in total. The molecule has 0 spiro atoms. The summed E-state index contributed by atoms with van der Waals surface area (Å²) >= 11 is 0. The molecule has 11 heteroatoms. The number of rotatable bonds is 6. The Bertz CT molecular complexity index is 1280. The number of pyridine rings is 1. The molecule has 0 amide bonds. The number of anilines is 3. The Balaban J connectivity index is 1.54. The number of ether oxygens (including phenoxy) is 1.